The van der Waals surface area contributed by atoms with Crippen LogP contribution in [0.25, 0.3) is 5.82 Å². The van der Waals surface area contributed by atoms with E-state index in [9.17, 15) is 0 Å². The monoisotopic (exact) mass is 205 g/mol. The Kier molecular flexibility index (Phi) is 2.82. The molecule has 0 atom stereocenters. The van der Waals surface area contributed by atoms with Crippen molar-refractivity contribution in [1.82, 2.24) is 24.9 Å². The van der Waals surface area contributed by atoms with Crippen molar-refractivity contribution in [3.8, 4) is 5.82 Å². The molecule has 5 nitrogen and oxygen atoms in total. The third-order valence-electron chi connectivity index (χ3n) is 2.13. The lowest BCUT2D eigenvalue weighted by molar-refractivity contribution is 0.685. The van der Waals surface area contributed by atoms with Gasteiger partial charge >= 0.3 is 0 Å². The lowest BCUT2D eigenvalue weighted by atomic mass is 10.4. The van der Waals surface area contributed by atoms with E-state index in [0.29, 0.717) is 0 Å². The molecule has 0 aliphatic carbocycles. The summed E-state index contributed by atoms with van der Waals surface area (Å²) in [5.41, 5.74) is 1.03. The van der Waals surface area contributed by atoms with Gasteiger partial charge < -0.3 is 5.32 Å². The maximum Gasteiger partial charge on any atom is 0.174 e. The quantitative estimate of drug-likeness (QED) is 0.800. The van der Waals surface area contributed by atoms with Crippen LogP contribution < -0.4 is 5.32 Å². The molecule has 0 unspecified atom stereocenters. The van der Waals surface area contributed by atoms with Crippen molar-refractivity contribution in [1.29, 1.82) is 0 Å². The number of hydrogen-bond acceptors (Lipinski definition) is 3. The third kappa shape index (κ3) is 2.24. The summed E-state index contributed by atoms with van der Waals surface area (Å²) >= 11 is 0. The minimum atomic E-state index is 0.802. The molecule has 80 valence electrons. The molecule has 0 aliphatic rings. The number of nitrogens with one attached hydrogen (secondary N) is 1. The van der Waals surface area contributed by atoms with Crippen LogP contribution in [-0.4, -0.2) is 26.1 Å². The second-order valence-corrected chi connectivity index (χ2v) is 3.38. The van der Waals surface area contributed by atoms with Crippen molar-refractivity contribution in [2.45, 2.75) is 13.5 Å². The van der Waals surface area contributed by atoms with Crippen LogP contribution in [0.5, 0.6) is 0 Å². The Labute approximate surface area is 88.7 Å². The van der Waals surface area contributed by atoms with Crippen LogP contribution >= 0.6 is 0 Å². The van der Waals surface area contributed by atoms with E-state index >= 15 is 0 Å². The first kappa shape index (κ1) is 9.92. The molecule has 0 radical (unpaired) electrons. The Morgan fingerprint density at radius 3 is 2.80 bits per heavy atom. The van der Waals surface area contributed by atoms with Gasteiger partial charge in [0, 0.05) is 32.1 Å². The van der Waals surface area contributed by atoms with Crippen molar-refractivity contribution < 1.29 is 0 Å². The van der Waals surface area contributed by atoms with Gasteiger partial charge in [0.25, 0.3) is 0 Å². The fourth-order valence-electron chi connectivity index (χ4n) is 1.36. The summed E-state index contributed by atoms with van der Waals surface area (Å²) in [6, 6.07) is 3.93. The first-order chi connectivity index (χ1) is 7.29. The second-order valence-electron chi connectivity index (χ2n) is 3.38. The molecular formula is C10H15N5. The van der Waals surface area contributed by atoms with Crippen LogP contribution in [0.15, 0.2) is 24.5 Å². The van der Waals surface area contributed by atoms with E-state index in [1.54, 1.807) is 9.36 Å². The van der Waals surface area contributed by atoms with Gasteiger partial charge in [0.15, 0.2) is 5.82 Å². The highest BCUT2D eigenvalue weighted by Gasteiger charge is 2.02. The summed E-state index contributed by atoms with van der Waals surface area (Å²) < 4.78 is 3.55. The number of nitrogens with zero attached hydrogens (tertiary/aromatic N) is 4. The Morgan fingerprint density at radius 1 is 1.27 bits per heavy atom. The SMILES string of the molecule is CCNCc1ccn(-c2ccn(C)n2)n1. The summed E-state index contributed by atoms with van der Waals surface area (Å²) in [5, 5.41) is 11.9. The zero-order chi connectivity index (χ0) is 10.7. The number of aromatic nitrogens is 4. The minimum Gasteiger partial charge on any atom is -0.311 e. The molecule has 0 fully saturated rings. The lowest BCUT2D eigenvalue weighted by Gasteiger charge is -1.97. The summed E-state index contributed by atoms with van der Waals surface area (Å²) in [4.78, 5) is 0. The van der Waals surface area contributed by atoms with Crippen LogP contribution in [0.3, 0.4) is 0 Å². The average Bonchev–Trinajstić information content (AvgIpc) is 2.83. The maximum absolute atomic E-state index is 4.41. The van der Waals surface area contributed by atoms with Crippen molar-refractivity contribution in [3.05, 3.63) is 30.2 Å². The normalized spacial score (nSPS) is 10.8. The molecule has 0 saturated carbocycles. The first-order valence-electron chi connectivity index (χ1n) is 5.05. The van der Waals surface area contributed by atoms with Gasteiger partial charge in [-0.1, -0.05) is 6.92 Å². The number of aryl methyl sites for hydroxylation is 1. The van der Waals surface area contributed by atoms with Crippen molar-refractivity contribution in [3.63, 3.8) is 0 Å². The first-order valence-corrected chi connectivity index (χ1v) is 5.05. The van der Waals surface area contributed by atoms with E-state index < -0.39 is 0 Å². The summed E-state index contributed by atoms with van der Waals surface area (Å²) in [5.74, 6) is 0.847. The number of hydrogen-bond donors (Lipinski definition) is 1. The molecular weight excluding hydrogens is 190 g/mol. The lowest BCUT2D eigenvalue weighted by Crippen LogP contribution is -2.12. The van der Waals surface area contributed by atoms with Crippen molar-refractivity contribution >= 4 is 0 Å². The standard InChI is InChI=1S/C10H15N5/c1-3-11-8-9-4-7-15(12-9)10-5-6-14(2)13-10/h4-7,11H,3,8H2,1-2H3. The summed E-state index contributed by atoms with van der Waals surface area (Å²) in [6.07, 6.45) is 3.83. The molecule has 5 heteroatoms. The van der Waals surface area contributed by atoms with Crippen LogP contribution in [0.4, 0.5) is 0 Å². The van der Waals surface area contributed by atoms with E-state index in [1.165, 1.54) is 0 Å². The predicted molar refractivity (Wildman–Crippen MR) is 57.7 cm³/mol. The Morgan fingerprint density at radius 2 is 2.13 bits per heavy atom. The van der Waals surface area contributed by atoms with Crippen LogP contribution in [0, 0.1) is 0 Å². The Balaban J connectivity index is 2.13. The van der Waals surface area contributed by atoms with E-state index in [2.05, 4.69) is 22.4 Å². The van der Waals surface area contributed by atoms with Crippen LogP contribution in [0.2, 0.25) is 0 Å². The average molecular weight is 205 g/mol. The predicted octanol–water partition coefficient (Wildman–Crippen LogP) is 0.715. The smallest absolute Gasteiger partial charge is 0.174 e. The van der Waals surface area contributed by atoms with Gasteiger partial charge in [-0.25, -0.2) is 4.68 Å². The fourth-order valence-corrected chi connectivity index (χ4v) is 1.36. The van der Waals surface area contributed by atoms with Gasteiger partial charge in [-0.2, -0.15) is 10.2 Å². The highest BCUT2D eigenvalue weighted by atomic mass is 15.4. The molecule has 0 spiro atoms. The maximum atomic E-state index is 4.41. The minimum absolute atomic E-state index is 0.802. The number of rotatable bonds is 4. The van der Waals surface area contributed by atoms with Crippen molar-refractivity contribution in [2.24, 2.45) is 7.05 Å². The zero-order valence-corrected chi connectivity index (χ0v) is 9.01. The fraction of sp³-hybridized carbons (Fsp3) is 0.400. The summed E-state index contributed by atoms with van der Waals surface area (Å²) in [6.45, 7) is 3.84. The molecule has 2 aromatic heterocycles. The van der Waals surface area contributed by atoms with Gasteiger partial charge in [0.2, 0.25) is 0 Å². The Bertz CT molecular complexity index is 428. The van der Waals surface area contributed by atoms with Gasteiger partial charge in [-0.05, 0) is 12.6 Å². The van der Waals surface area contributed by atoms with Crippen LogP contribution in [-0.2, 0) is 13.6 Å². The molecule has 1 N–H and O–H groups in total. The highest BCUT2D eigenvalue weighted by Crippen LogP contribution is 2.03. The van der Waals surface area contributed by atoms with Crippen LogP contribution in [0.1, 0.15) is 12.6 Å². The zero-order valence-electron chi connectivity index (χ0n) is 9.01. The van der Waals surface area contributed by atoms with Gasteiger partial charge in [-0.15, -0.1) is 0 Å². The van der Waals surface area contributed by atoms with Gasteiger partial charge in [0.05, 0.1) is 5.69 Å². The van der Waals surface area contributed by atoms with E-state index in [0.717, 1.165) is 24.6 Å². The van der Waals surface area contributed by atoms with Gasteiger partial charge in [-0.3, -0.25) is 4.68 Å². The largest absolute Gasteiger partial charge is 0.311 e. The van der Waals surface area contributed by atoms with E-state index in [1.807, 2.05) is 31.6 Å². The molecule has 2 aromatic rings. The molecule has 0 saturated heterocycles. The second kappa shape index (κ2) is 4.27. The molecule has 2 heterocycles. The molecule has 15 heavy (non-hydrogen) atoms. The topological polar surface area (TPSA) is 47.7 Å². The summed E-state index contributed by atoms with van der Waals surface area (Å²) in [7, 11) is 1.90. The van der Waals surface area contributed by atoms with E-state index in [4.69, 9.17) is 0 Å². The third-order valence-corrected chi connectivity index (χ3v) is 2.13. The molecule has 0 bridgehead atoms. The molecule has 0 aliphatic heterocycles. The van der Waals surface area contributed by atoms with Gasteiger partial charge in [0.1, 0.15) is 0 Å². The molecule has 0 amide bonds. The highest BCUT2D eigenvalue weighted by molar-refractivity contribution is 5.19. The molecule has 2 rings (SSSR count). The Hall–Kier alpha value is -1.62. The van der Waals surface area contributed by atoms with Crippen molar-refractivity contribution in [2.75, 3.05) is 6.54 Å². The van der Waals surface area contributed by atoms with E-state index in [-0.39, 0.29) is 0 Å². The molecule has 0 aromatic carbocycles.